The summed E-state index contributed by atoms with van der Waals surface area (Å²) in [5.41, 5.74) is -1.10. The van der Waals surface area contributed by atoms with Crippen LogP contribution in [-0.4, -0.2) is 49.1 Å². The first-order chi connectivity index (χ1) is 8.17. The van der Waals surface area contributed by atoms with Crippen molar-refractivity contribution in [1.29, 1.82) is 0 Å². The Kier molecular flexibility index (Phi) is 1.71. The molecule has 0 amide bonds. The Morgan fingerprint density at radius 3 is 2.06 bits per heavy atom. The zero-order valence-electron chi connectivity index (χ0n) is 10.7. The molecule has 2 heterocycles. The quantitative estimate of drug-likeness (QED) is 0.485. The fraction of sp³-hybridized carbons (Fsp3) is 1.00. The van der Waals surface area contributed by atoms with Gasteiger partial charge in [0.15, 0.2) is 5.79 Å². The first-order valence-electron chi connectivity index (χ1n) is 6.84. The molecule has 4 aliphatic rings. The highest BCUT2D eigenvalue weighted by Gasteiger charge is 2.82. The zero-order chi connectivity index (χ0) is 13.0. The third-order valence-corrected chi connectivity index (χ3v) is 6.06. The van der Waals surface area contributed by atoms with Gasteiger partial charge in [-0.1, -0.05) is 0 Å². The minimum atomic E-state index is -1.89. The largest absolute Gasteiger partial charge is 0.364 e. The van der Waals surface area contributed by atoms with Gasteiger partial charge in [0.25, 0.3) is 0 Å². The van der Waals surface area contributed by atoms with Crippen LogP contribution in [0.3, 0.4) is 0 Å². The maximum atomic E-state index is 10.3. The lowest BCUT2D eigenvalue weighted by molar-refractivity contribution is -0.300. The lowest BCUT2D eigenvalue weighted by Crippen LogP contribution is -2.64. The van der Waals surface area contributed by atoms with Gasteiger partial charge in [0.05, 0.1) is 5.54 Å². The highest BCUT2D eigenvalue weighted by Crippen LogP contribution is 2.76. The third kappa shape index (κ3) is 1.07. The Morgan fingerprint density at radius 1 is 1.00 bits per heavy atom. The summed E-state index contributed by atoms with van der Waals surface area (Å²) in [7, 11) is 0. The molecule has 4 fully saturated rings. The van der Waals surface area contributed by atoms with Crippen molar-refractivity contribution in [3.05, 3.63) is 0 Å². The van der Waals surface area contributed by atoms with Crippen LogP contribution in [0.25, 0.3) is 0 Å². The van der Waals surface area contributed by atoms with Crippen LogP contribution in [0.15, 0.2) is 0 Å². The van der Waals surface area contributed by atoms with E-state index in [4.69, 9.17) is 0 Å². The van der Waals surface area contributed by atoms with Gasteiger partial charge in [-0.05, 0) is 44.4 Å². The standard InChI is InChI=1S/C13H21NO4/c1-9(15,16)12-6-10(2-3-10)8-14(12)13(17,18)7-11(12)4-5-11/h15-18H,2-8H2,1H3/t12-/m0/s1. The molecule has 5 heteroatoms. The summed E-state index contributed by atoms with van der Waals surface area (Å²) in [5, 5.41) is 41.3. The monoisotopic (exact) mass is 255 g/mol. The van der Waals surface area contributed by atoms with E-state index in [9.17, 15) is 20.4 Å². The van der Waals surface area contributed by atoms with Crippen molar-refractivity contribution < 1.29 is 20.4 Å². The van der Waals surface area contributed by atoms with Crippen LogP contribution in [0.4, 0.5) is 0 Å². The van der Waals surface area contributed by atoms with Crippen LogP contribution in [-0.2, 0) is 0 Å². The van der Waals surface area contributed by atoms with Crippen molar-refractivity contribution in [3.8, 4) is 0 Å². The van der Waals surface area contributed by atoms with E-state index in [1.54, 1.807) is 4.90 Å². The van der Waals surface area contributed by atoms with Crippen molar-refractivity contribution >= 4 is 0 Å². The van der Waals surface area contributed by atoms with Crippen LogP contribution in [0.1, 0.15) is 45.4 Å². The lowest BCUT2D eigenvalue weighted by atomic mass is 9.72. The van der Waals surface area contributed by atoms with Crippen molar-refractivity contribution in [2.24, 2.45) is 10.8 Å². The summed E-state index contributed by atoms with van der Waals surface area (Å²) >= 11 is 0. The fourth-order valence-electron chi connectivity index (χ4n) is 4.94. The second-order valence-corrected chi connectivity index (χ2v) is 7.38. The van der Waals surface area contributed by atoms with E-state index in [0.29, 0.717) is 13.0 Å². The number of hydrogen-bond acceptors (Lipinski definition) is 5. The molecule has 5 nitrogen and oxygen atoms in total. The molecule has 2 aliphatic heterocycles. The molecule has 0 aromatic rings. The minimum absolute atomic E-state index is 0.0967. The summed E-state index contributed by atoms with van der Waals surface area (Å²) in [5.74, 6) is -3.77. The molecule has 0 bridgehead atoms. The first kappa shape index (κ1) is 11.6. The Bertz CT molecular complexity index is 419. The average Bonchev–Trinajstić information content (AvgIpc) is 3.03. The van der Waals surface area contributed by atoms with E-state index >= 15 is 0 Å². The van der Waals surface area contributed by atoms with Crippen LogP contribution < -0.4 is 0 Å². The summed E-state index contributed by atoms with van der Waals surface area (Å²) in [6.45, 7) is 1.99. The Labute approximate surface area is 106 Å². The van der Waals surface area contributed by atoms with Crippen LogP contribution in [0.5, 0.6) is 0 Å². The van der Waals surface area contributed by atoms with Crippen molar-refractivity contribution in [2.45, 2.75) is 62.7 Å². The van der Waals surface area contributed by atoms with E-state index in [1.165, 1.54) is 6.92 Å². The molecule has 18 heavy (non-hydrogen) atoms. The Balaban J connectivity index is 1.88. The zero-order valence-corrected chi connectivity index (χ0v) is 10.7. The minimum Gasteiger partial charge on any atom is -0.364 e. The third-order valence-electron chi connectivity index (χ3n) is 6.06. The summed E-state index contributed by atoms with van der Waals surface area (Å²) in [6, 6.07) is 0. The molecular formula is C13H21NO4. The van der Waals surface area contributed by atoms with Gasteiger partial charge in [0.1, 0.15) is 0 Å². The van der Waals surface area contributed by atoms with Crippen LogP contribution >= 0.6 is 0 Å². The summed E-state index contributed by atoms with van der Waals surface area (Å²) in [6.07, 6.45) is 4.78. The lowest BCUT2D eigenvalue weighted by Gasteiger charge is -2.46. The van der Waals surface area contributed by atoms with E-state index in [0.717, 1.165) is 25.7 Å². The molecule has 2 aliphatic carbocycles. The predicted octanol–water partition coefficient (Wildman–Crippen LogP) is -0.266. The van der Waals surface area contributed by atoms with Gasteiger partial charge in [-0.3, -0.25) is 0 Å². The number of aliphatic hydroxyl groups is 4. The molecule has 1 atom stereocenters. The normalized spacial score (nSPS) is 42.5. The molecule has 0 unspecified atom stereocenters. The van der Waals surface area contributed by atoms with Crippen molar-refractivity contribution in [2.75, 3.05) is 6.54 Å². The predicted molar refractivity (Wildman–Crippen MR) is 62.0 cm³/mol. The number of rotatable bonds is 1. The van der Waals surface area contributed by atoms with Gasteiger partial charge in [-0.2, -0.15) is 0 Å². The van der Waals surface area contributed by atoms with Gasteiger partial charge in [-0.15, -0.1) is 0 Å². The summed E-state index contributed by atoms with van der Waals surface area (Å²) in [4.78, 5) is 1.60. The second-order valence-electron chi connectivity index (χ2n) is 7.38. The van der Waals surface area contributed by atoms with Crippen LogP contribution in [0, 0.1) is 10.8 Å². The van der Waals surface area contributed by atoms with E-state index < -0.39 is 17.2 Å². The van der Waals surface area contributed by atoms with Gasteiger partial charge in [0, 0.05) is 18.4 Å². The van der Waals surface area contributed by atoms with Gasteiger partial charge < -0.3 is 20.4 Å². The van der Waals surface area contributed by atoms with E-state index in [-0.39, 0.29) is 17.3 Å². The molecular weight excluding hydrogens is 234 g/mol. The van der Waals surface area contributed by atoms with E-state index in [2.05, 4.69) is 0 Å². The van der Waals surface area contributed by atoms with Gasteiger partial charge in [-0.25, -0.2) is 4.90 Å². The molecule has 2 spiro atoms. The van der Waals surface area contributed by atoms with Gasteiger partial charge >= 0.3 is 0 Å². The molecule has 2 saturated heterocycles. The average molecular weight is 255 g/mol. The maximum Gasteiger partial charge on any atom is 0.226 e. The highest BCUT2D eigenvalue weighted by molar-refractivity contribution is 5.30. The fourth-order valence-corrected chi connectivity index (χ4v) is 4.94. The molecule has 102 valence electrons. The SMILES string of the molecule is CC(O)(O)[C@]12CC3(CC3)CN1C(O)(O)CC21CC1. The molecule has 0 radical (unpaired) electrons. The van der Waals surface area contributed by atoms with Crippen molar-refractivity contribution in [1.82, 2.24) is 4.90 Å². The molecule has 0 aromatic carbocycles. The van der Waals surface area contributed by atoms with Crippen molar-refractivity contribution in [3.63, 3.8) is 0 Å². The molecule has 4 N–H and O–H groups in total. The smallest absolute Gasteiger partial charge is 0.226 e. The number of fused-ring (bicyclic) bond motifs is 2. The second kappa shape index (κ2) is 2.65. The maximum absolute atomic E-state index is 10.3. The number of hydrogen-bond donors (Lipinski definition) is 4. The Morgan fingerprint density at radius 2 is 1.61 bits per heavy atom. The van der Waals surface area contributed by atoms with Gasteiger partial charge in [0.2, 0.25) is 5.91 Å². The number of nitrogens with zero attached hydrogens (tertiary/aromatic N) is 1. The summed E-state index contributed by atoms with van der Waals surface area (Å²) < 4.78 is 0. The molecule has 4 rings (SSSR count). The first-order valence-corrected chi connectivity index (χ1v) is 6.84. The van der Waals surface area contributed by atoms with E-state index in [1.807, 2.05) is 0 Å². The topological polar surface area (TPSA) is 84.2 Å². The molecule has 2 saturated carbocycles. The molecule has 0 aromatic heterocycles. The highest BCUT2D eigenvalue weighted by atomic mass is 16.5. The van der Waals surface area contributed by atoms with Crippen LogP contribution in [0.2, 0.25) is 0 Å². The Hall–Kier alpha value is -0.200.